The van der Waals surface area contributed by atoms with E-state index in [2.05, 4.69) is 17.2 Å². The Kier molecular flexibility index (Phi) is 4.89. The van der Waals surface area contributed by atoms with Gasteiger partial charge >= 0.3 is 0 Å². The van der Waals surface area contributed by atoms with Crippen molar-refractivity contribution >= 4 is 26.8 Å². The fourth-order valence-electron chi connectivity index (χ4n) is 4.47. The largest absolute Gasteiger partial charge is 0.323 e. The highest BCUT2D eigenvalue weighted by Gasteiger charge is 2.50. The van der Waals surface area contributed by atoms with Crippen LogP contribution >= 0.6 is 0 Å². The van der Waals surface area contributed by atoms with Gasteiger partial charge in [0.1, 0.15) is 4.90 Å². The van der Waals surface area contributed by atoms with Crippen molar-refractivity contribution in [1.29, 1.82) is 0 Å². The van der Waals surface area contributed by atoms with Crippen LogP contribution in [0.25, 0.3) is 10.9 Å². The molecule has 150 valence electrons. The summed E-state index contributed by atoms with van der Waals surface area (Å²) < 4.78 is 28.2. The first-order chi connectivity index (χ1) is 13.4. The highest BCUT2D eigenvalue weighted by Crippen LogP contribution is 2.35. The van der Waals surface area contributed by atoms with E-state index in [0.717, 1.165) is 11.8 Å². The van der Waals surface area contributed by atoms with Crippen LogP contribution in [0.3, 0.4) is 0 Å². The zero-order chi connectivity index (χ0) is 19.9. The van der Waals surface area contributed by atoms with E-state index >= 15 is 0 Å². The maximum absolute atomic E-state index is 13.3. The summed E-state index contributed by atoms with van der Waals surface area (Å²) in [6, 6.07) is 8.68. The average molecular weight is 403 g/mol. The molecule has 2 aliphatic rings. The Morgan fingerprint density at radius 3 is 2.64 bits per heavy atom. The van der Waals surface area contributed by atoms with E-state index in [1.807, 2.05) is 24.0 Å². The summed E-state index contributed by atoms with van der Waals surface area (Å²) in [5.41, 5.74) is 0.0657. The summed E-state index contributed by atoms with van der Waals surface area (Å²) in [6.45, 7) is 5.37. The number of carbonyl (C=O) groups excluding carboxylic acids is 1. The predicted octanol–water partition coefficient (Wildman–Crippen LogP) is 1.95. The van der Waals surface area contributed by atoms with Crippen molar-refractivity contribution in [3.63, 3.8) is 0 Å². The van der Waals surface area contributed by atoms with E-state index in [1.54, 1.807) is 24.4 Å². The number of sulfonamides is 1. The third-order valence-corrected chi connectivity index (χ3v) is 7.78. The molecule has 0 radical (unpaired) electrons. The monoisotopic (exact) mass is 402 g/mol. The average Bonchev–Trinajstić information content (AvgIpc) is 2.92. The van der Waals surface area contributed by atoms with Gasteiger partial charge in [-0.2, -0.15) is 4.31 Å². The van der Waals surface area contributed by atoms with Crippen molar-refractivity contribution in [1.82, 2.24) is 19.5 Å². The Bertz CT molecular complexity index is 994. The van der Waals surface area contributed by atoms with Crippen LogP contribution in [-0.2, 0) is 14.8 Å². The van der Waals surface area contributed by atoms with Gasteiger partial charge in [-0.05, 0) is 38.3 Å². The number of benzene rings is 1. The molecule has 0 unspecified atom stereocenters. The quantitative estimate of drug-likeness (QED) is 0.845. The molecule has 0 bridgehead atoms. The van der Waals surface area contributed by atoms with E-state index < -0.39 is 15.7 Å². The fraction of sp³-hybridized carbons (Fsp3) is 0.500. The van der Waals surface area contributed by atoms with Crippen molar-refractivity contribution in [2.24, 2.45) is 0 Å². The molecule has 7 nitrogen and oxygen atoms in total. The van der Waals surface area contributed by atoms with Crippen LogP contribution in [0.1, 0.15) is 33.1 Å². The second-order valence-corrected chi connectivity index (χ2v) is 9.53. The Morgan fingerprint density at radius 1 is 1.21 bits per heavy atom. The van der Waals surface area contributed by atoms with Crippen molar-refractivity contribution in [2.75, 3.05) is 19.6 Å². The van der Waals surface area contributed by atoms with E-state index in [9.17, 15) is 13.2 Å². The zero-order valence-corrected chi connectivity index (χ0v) is 17.1. The molecule has 1 aromatic carbocycles. The number of nitrogens with zero attached hydrogens (tertiary/aromatic N) is 3. The first-order valence-corrected chi connectivity index (χ1v) is 11.3. The summed E-state index contributed by atoms with van der Waals surface area (Å²) in [7, 11) is -3.65. The number of hydrogen-bond acceptors (Lipinski definition) is 5. The number of piperidine rings is 1. The highest BCUT2D eigenvalue weighted by atomic mass is 32.2. The van der Waals surface area contributed by atoms with Crippen molar-refractivity contribution < 1.29 is 13.2 Å². The second kappa shape index (κ2) is 7.09. The summed E-state index contributed by atoms with van der Waals surface area (Å²) in [4.78, 5) is 19.0. The van der Waals surface area contributed by atoms with Gasteiger partial charge in [-0.1, -0.05) is 25.1 Å². The van der Waals surface area contributed by atoms with Crippen molar-refractivity contribution in [3.8, 4) is 0 Å². The minimum atomic E-state index is -3.65. The Hall–Kier alpha value is -2.03. The van der Waals surface area contributed by atoms with E-state index in [1.165, 1.54) is 4.31 Å². The molecular formula is C20H26N4O3S. The molecule has 1 spiro atoms. The van der Waals surface area contributed by atoms with E-state index in [-0.39, 0.29) is 16.8 Å². The molecule has 2 fully saturated rings. The van der Waals surface area contributed by atoms with Gasteiger partial charge in [0, 0.05) is 31.2 Å². The summed E-state index contributed by atoms with van der Waals surface area (Å²) in [6.07, 6.45) is 3.66. The Labute approximate surface area is 165 Å². The number of pyridine rings is 1. The maximum Gasteiger partial charge on any atom is 0.245 e. The second-order valence-electron chi connectivity index (χ2n) is 7.62. The van der Waals surface area contributed by atoms with Crippen LogP contribution < -0.4 is 5.32 Å². The minimum Gasteiger partial charge on any atom is -0.323 e. The van der Waals surface area contributed by atoms with Crippen molar-refractivity contribution in [3.05, 3.63) is 36.5 Å². The molecule has 2 aromatic rings. The number of carbonyl (C=O) groups is 1. The molecule has 8 heteroatoms. The lowest BCUT2D eigenvalue weighted by molar-refractivity contribution is -0.133. The lowest BCUT2D eigenvalue weighted by Gasteiger charge is -2.44. The lowest BCUT2D eigenvalue weighted by Crippen LogP contribution is -2.59. The molecular weight excluding hydrogens is 376 g/mol. The van der Waals surface area contributed by atoms with Gasteiger partial charge in [-0.15, -0.1) is 0 Å². The zero-order valence-electron chi connectivity index (χ0n) is 16.3. The molecule has 28 heavy (non-hydrogen) atoms. The fourth-order valence-corrected chi connectivity index (χ4v) is 6.08. The van der Waals surface area contributed by atoms with Gasteiger partial charge in [-0.25, -0.2) is 8.42 Å². The van der Waals surface area contributed by atoms with Gasteiger partial charge in [0.15, 0.2) is 0 Å². The molecule has 0 saturated carbocycles. The van der Waals surface area contributed by atoms with E-state index in [4.69, 9.17) is 0 Å². The Morgan fingerprint density at radius 2 is 1.93 bits per heavy atom. The van der Waals surface area contributed by atoms with Gasteiger partial charge < -0.3 is 4.90 Å². The highest BCUT2D eigenvalue weighted by molar-refractivity contribution is 7.89. The third-order valence-electron chi connectivity index (χ3n) is 5.85. The summed E-state index contributed by atoms with van der Waals surface area (Å²) in [5.74, 6) is 0.108. The predicted molar refractivity (Wildman–Crippen MR) is 107 cm³/mol. The van der Waals surface area contributed by atoms with Gasteiger partial charge in [0.25, 0.3) is 0 Å². The molecule has 2 aliphatic heterocycles. The van der Waals surface area contributed by atoms with Crippen LogP contribution in [-0.4, -0.2) is 59.9 Å². The Balaban J connectivity index is 1.60. The summed E-state index contributed by atoms with van der Waals surface area (Å²) in [5, 5.41) is 4.25. The molecule has 0 aliphatic carbocycles. The number of nitrogens with one attached hydrogen (secondary N) is 1. The molecule has 2 saturated heterocycles. The molecule has 1 atom stereocenters. The molecule has 1 N–H and O–H groups in total. The minimum absolute atomic E-state index is 0.108. The first kappa shape index (κ1) is 19.3. The lowest BCUT2D eigenvalue weighted by atomic mass is 9.97. The molecule has 1 amide bonds. The standard InChI is InChI=1S/C20H26N4O3S/c1-3-12-24-19(25)15(2)22-20(24)9-13-23(14-10-20)28(26,27)17-8-4-6-16-7-5-11-21-18(16)17/h4-8,11,15,22H,3,9-10,12-14H2,1-2H3/t15-/m1/s1. The van der Waals surface area contributed by atoms with Gasteiger partial charge in [-0.3, -0.25) is 15.1 Å². The number of fused-ring (bicyclic) bond motifs is 1. The normalized spacial score (nSPS) is 23.0. The number of rotatable bonds is 4. The summed E-state index contributed by atoms with van der Waals surface area (Å²) >= 11 is 0. The number of aromatic nitrogens is 1. The number of para-hydroxylation sites is 1. The number of amides is 1. The van der Waals surface area contributed by atoms with Crippen LogP contribution in [0.5, 0.6) is 0 Å². The van der Waals surface area contributed by atoms with Crippen LogP contribution in [0.15, 0.2) is 41.4 Å². The van der Waals surface area contributed by atoms with Crippen LogP contribution in [0.4, 0.5) is 0 Å². The van der Waals surface area contributed by atoms with Gasteiger partial charge in [0.2, 0.25) is 15.9 Å². The topological polar surface area (TPSA) is 82.6 Å². The maximum atomic E-state index is 13.3. The number of hydrogen-bond donors (Lipinski definition) is 1. The third kappa shape index (κ3) is 3.00. The molecule has 1 aromatic heterocycles. The van der Waals surface area contributed by atoms with Crippen LogP contribution in [0, 0.1) is 0 Å². The molecule has 4 rings (SSSR count). The van der Waals surface area contributed by atoms with E-state index in [0.29, 0.717) is 38.0 Å². The SMILES string of the molecule is CCCN1C(=O)[C@@H](C)NC12CCN(S(=O)(=O)c1cccc3cccnc13)CC2. The van der Waals surface area contributed by atoms with Gasteiger partial charge in [0.05, 0.1) is 17.2 Å². The molecule has 3 heterocycles. The first-order valence-electron chi connectivity index (χ1n) is 9.82. The van der Waals surface area contributed by atoms with Crippen LogP contribution in [0.2, 0.25) is 0 Å². The van der Waals surface area contributed by atoms with Crippen molar-refractivity contribution in [2.45, 2.75) is 49.7 Å². The smallest absolute Gasteiger partial charge is 0.245 e.